The molecule has 0 bridgehead atoms. The lowest BCUT2D eigenvalue weighted by molar-refractivity contribution is 0.0696. The summed E-state index contributed by atoms with van der Waals surface area (Å²) in [5.74, 6) is 0.216. The van der Waals surface area contributed by atoms with E-state index in [0.29, 0.717) is 37.7 Å². The fraction of sp³-hybridized carbons (Fsp3) is 0.280. The van der Waals surface area contributed by atoms with Crippen molar-refractivity contribution in [2.75, 3.05) is 31.1 Å². The number of aromatic carboxylic acids is 1. The standard InChI is InChI=1S/C25H26N4O4/c1-18-3-2-12-26-22(18)10-6-19-4-8-21(9-5-19)33-25(32)29-15-13-28(14-16-29)23-11-7-20(17-27-23)24(30)31/h2-5,7-9,11-12,17H,6,10,13-16H2,1H3,(H,30,31). The molecule has 3 aromatic rings. The second-order valence-electron chi connectivity index (χ2n) is 7.96. The Balaban J connectivity index is 1.25. The van der Waals surface area contributed by atoms with Crippen molar-refractivity contribution in [2.45, 2.75) is 19.8 Å². The molecule has 1 aliphatic rings. The van der Waals surface area contributed by atoms with Crippen LogP contribution in [0.2, 0.25) is 0 Å². The first-order valence-corrected chi connectivity index (χ1v) is 10.9. The molecule has 1 amide bonds. The fourth-order valence-corrected chi connectivity index (χ4v) is 3.75. The van der Waals surface area contributed by atoms with Crippen LogP contribution in [0, 0.1) is 6.92 Å². The van der Waals surface area contributed by atoms with Crippen molar-refractivity contribution in [3.63, 3.8) is 0 Å². The van der Waals surface area contributed by atoms with Gasteiger partial charge in [-0.1, -0.05) is 18.2 Å². The van der Waals surface area contributed by atoms with Gasteiger partial charge in [0, 0.05) is 44.3 Å². The van der Waals surface area contributed by atoms with Crippen LogP contribution in [-0.4, -0.2) is 58.2 Å². The normalized spacial score (nSPS) is 13.6. The van der Waals surface area contributed by atoms with Crippen LogP contribution in [0.1, 0.15) is 27.2 Å². The van der Waals surface area contributed by atoms with Crippen LogP contribution in [-0.2, 0) is 12.8 Å². The van der Waals surface area contributed by atoms with E-state index in [4.69, 9.17) is 9.84 Å². The molecule has 8 nitrogen and oxygen atoms in total. The molecule has 8 heteroatoms. The maximum Gasteiger partial charge on any atom is 0.415 e. The summed E-state index contributed by atoms with van der Waals surface area (Å²) in [6.45, 7) is 4.27. The Bertz CT molecular complexity index is 1110. The highest BCUT2D eigenvalue weighted by Gasteiger charge is 2.23. The first-order chi connectivity index (χ1) is 16.0. The molecule has 1 fully saturated rings. The van der Waals surface area contributed by atoms with Crippen molar-refractivity contribution in [2.24, 2.45) is 0 Å². The minimum Gasteiger partial charge on any atom is -0.478 e. The van der Waals surface area contributed by atoms with E-state index in [1.165, 1.54) is 17.8 Å². The van der Waals surface area contributed by atoms with Gasteiger partial charge in [-0.2, -0.15) is 0 Å². The molecule has 4 rings (SSSR count). The first-order valence-electron chi connectivity index (χ1n) is 10.9. The van der Waals surface area contributed by atoms with Crippen molar-refractivity contribution >= 4 is 17.9 Å². The van der Waals surface area contributed by atoms with Gasteiger partial charge in [-0.25, -0.2) is 14.6 Å². The zero-order valence-corrected chi connectivity index (χ0v) is 18.5. The zero-order valence-electron chi connectivity index (χ0n) is 18.5. The Kier molecular flexibility index (Phi) is 6.83. The van der Waals surface area contributed by atoms with Crippen LogP contribution in [0.5, 0.6) is 5.75 Å². The Morgan fingerprint density at radius 2 is 1.73 bits per heavy atom. The molecule has 1 saturated heterocycles. The summed E-state index contributed by atoms with van der Waals surface area (Å²) in [5, 5.41) is 8.99. The third-order valence-electron chi connectivity index (χ3n) is 5.75. The maximum absolute atomic E-state index is 12.6. The summed E-state index contributed by atoms with van der Waals surface area (Å²) in [4.78, 5) is 35.9. The number of carboxylic acids is 1. The summed E-state index contributed by atoms with van der Waals surface area (Å²) >= 11 is 0. The number of aromatic nitrogens is 2. The van der Waals surface area contributed by atoms with Gasteiger partial charge >= 0.3 is 12.1 Å². The third kappa shape index (κ3) is 5.65. The molecule has 1 aromatic carbocycles. The van der Waals surface area contributed by atoms with Crippen molar-refractivity contribution in [1.29, 1.82) is 0 Å². The van der Waals surface area contributed by atoms with Gasteiger partial charge < -0.3 is 19.6 Å². The lowest BCUT2D eigenvalue weighted by atomic mass is 10.1. The number of carbonyl (C=O) groups excluding carboxylic acids is 1. The topological polar surface area (TPSA) is 95.9 Å². The number of hydrogen-bond acceptors (Lipinski definition) is 6. The number of benzene rings is 1. The van der Waals surface area contributed by atoms with E-state index >= 15 is 0 Å². The van der Waals surface area contributed by atoms with Gasteiger partial charge in [0.2, 0.25) is 0 Å². The summed E-state index contributed by atoms with van der Waals surface area (Å²) in [6, 6.07) is 14.8. The Morgan fingerprint density at radius 3 is 2.36 bits per heavy atom. The number of pyridine rings is 2. The van der Waals surface area contributed by atoms with E-state index in [2.05, 4.69) is 23.0 Å². The summed E-state index contributed by atoms with van der Waals surface area (Å²) in [7, 11) is 0. The number of piperazine rings is 1. The van der Waals surface area contributed by atoms with Crippen LogP contribution in [0.4, 0.5) is 10.6 Å². The molecule has 0 radical (unpaired) electrons. The SMILES string of the molecule is Cc1cccnc1CCc1ccc(OC(=O)N2CCN(c3ccc(C(=O)O)cn3)CC2)cc1. The van der Waals surface area contributed by atoms with Gasteiger partial charge in [0.05, 0.1) is 5.56 Å². The molecule has 0 spiro atoms. The molecular formula is C25H26N4O4. The van der Waals surface area contributed by atoms with Gasteiger partial charge in [0.1, 0.15) is 11.6 Å². The van der Waals surface area contributed by atoms with Crippen molar-refractivity contribution < 1.29 is 19.4 Å². The molecule has 170 valence electrons. The zero-order chi connectivity index (χ0) is 23.2. The molecular weight excluding hydrogens is 420 g/mol. The van der Waals surface area contributed by atoms with Crippen LogP contribution >= 0.6 is 0 Å². The molecule has 0 unspecified atom stereocenters. The Labute approximate surface area is 192 Å². The van der Waals surface area contributed by atoms with Crippen LogP contribution in [0.3, 0.4) is 0 Å². The van der Waals surface area contributed by atoms with E-state index in [1.54, 1.807) is 11.0 Å². The number of carboxylic acid groups (broad SMARTS) is 1. The highest BCUT2D eigenvalue weighted by Crippen LogP contribution is 2.18. The lowest BCUT2D eigenvalue weighted by Crippen LogP contribution is -2.49. The molecule has 0 aliphatic carbocycles. The third-order valence-corrected chi connectivity index (χ3v) is 5.75. The van der Waals surface area contributed by atoms with E-state index < -0.39 is 5.97 Å². The van der Waals surface area contributed by atoms with E-state index in [9.17, 15) is 9.59 Å². The van der Waals surface area contributed by atoms with Gasteiger partial charge in [-0.3, -0.25) is 4.98 Å². The van der Waals surface area contributed by atoms with E-state index in [1.807, 2.05) is 41.4 Å². The van der Waals surface area contributed by atoms with Gasteiger partial charge in [0.25, 0.3) is 0 Å². The number of hydrogen-bond donors (Lipinski definition) is 1. The second-order valence-corrected chi connectivity index (χ2v) is 7.96. The van der Waals surface area contributed by atoms with Crippen LogP contribution in [0.25, 0.3) is 0 Å². The minimum atomic E-state index is -1.00. The molecule has 33 heavy (non-hydrogen) atoms. The maximum atomic E-state index is 12.6. The molecule has 0 atom stereocenters. The number of amides is 1. The molecule has 3 heterocycles. The number of ether oxygens (including phenoxy) is 1. The monoisotopic (exact) mass is 446 g/mol. The fourth-order valence-electron chi connectivity index (χ4n) is 3.75. The van der Waals surface area contributed by atoms with Crippen LogP contribution in [0.15, 0.2) is 60.9 Å². The van der Waals surface area contributed by atoms with E-state index in [-0.39, 0.29) is 11.7 Å². The molecule has 1 aliphatic heterocycles. The second kappa shape index (κ2) is 10.1. The Morgan fingerprint density at radius 1 is 0.970 bits per heavy atom. The van der Waals surface area contributed by atoms with Gasteiger partial charge in [-0.15, -0.1) is 0 Å². The predicted octanol–water partition coefficient (Wildman–Crippen LogP) is 3.59. The predicted molar refractivity (Wildman–Crippen MR) is 124 cm³/mol. The molecule has 2 aromatic heterocycles. The van der Waals surface area contributed by atoms with Gasteiger partial charge in [0.15, 0.2) is 0 Å². The quantitative estimate of drug-likeness (QED) is 0.618. The minimum absolute atomic E-state index is 0.152. The molecule has 0 saturated carbocycles. The number of rotatable bonds is 6. The number of carbonyl (C=O) groups is 2. The number of aryl methyl sites for hydroxylation is 3. The average Bonchev–Trinajstić information content (AvgIpc) is 2.84. The Hall–Kier alpha value is -3.94. The van der Waals surface area contributed by atoms with Crippen molar-refractivity contribution in [3.05, 3.63) is 83.3 Å². The number of anilines is 1. The highest BCUT2D eigenvalue weighted by atomic mass is 16.6. The highest BCUT2D eigenvalue weighted by molar-refractivity contribution is 5.87. The van der Waals surface area contributed by atoms with Gasteiger partial charge in [-0.05, 0) is 61.2 Å². The first kappa shape index (κ1) is 22.3. The average molecular weight is 447 g/mol. The summed E-state index contributed by atoms with van der Waals surface area (Å²) in [5.41, 5.74) is 3.60. The van der Waals surface area contributed by atoms with E-state index in [0.717, 1.165) is 24.1 Å². The van der Waals surface area contributed by atoms with Crippen LogP contribution < -0.4 is 9.64 Å². The van der Waals surface area contributed by atoms with Crippen molar-refractivity contribution in [1.82, 2.24) is 14.9 Å². The molecule has 1 N–H and O–H groups in total. The summed E-state index contributed by atoms with van der Waals surface area (Å²) < 4.78 is 5.55. The van der Waals surface area contributed by atoms with Crippen molar-refractivity contribution in [3.8, 4) is 5.75 Å². The largest absolute Gasteiger partial charge is 0.478 e. The lowest BCUT2D eigenvalue weighted by Gasteiger charge is -2.34. The smallest absolute Gasteiger partial charge is 0.415 e. The summed E-state index contributed by atoms with van der Waals surface area (Å²) in [6.07, 6.45) is 4.52. The number of nitrogens with zero attached hydrogens (tertiary/aromatic N) is 4.